The Morgan fingerprint density at radius 3 is 2.12 bits per heavy atom. The third kappa shape index (κ3) is 3.78. The molecule has 1 unspecified atom stereocenters. The molecule has 0 spiro atoms. The zero-order chi connectivity index (χ0) is 12.3. The molecule has 0 aliphatic rings. The monoisotopic (exact) mass is 220 g/mol. The highest BCUT2D eigenvalue weighted by Gasteiger charge is 2.21. The molecule has 0 heterocycles. The van der Waals surface area contributed by atoms with Gasteiger partial charge in [0, 0.05) is 5.56 Å². The number of Topliss-reactive ketones (excluding diaryl/α,β-unsaturated/α-hetero) is 1. The third-order valence-electron chi connectivity index (χ3n) is 2.24. The van der Waals surface area contributed by atoms with Crippen LogP contribution in [0.5, 0.6) is 0 Å². The molecule has 2 heteroatoms. The van der Waals surface area contributed by atoms with Crippen LogP contribution >= 0.6 is 0 Å². The van der Waals surface area contributed by atoms with Crippen LogP contribution < -0.4 is 0 Å². The number of hydrogen-bond donors (Lipinski definition) is 0. The third-order valence-corrected chi connectivity index (χ3v) is 2.24. The first-order chi connectivity index (χ1) is 7.29. The van der Waals surface area contributed by atoms with Crippen molar-refractivity contribution in [2.45, 2.75) is 46.3 Å². The molecule has 16 heavy (non-hydrogen) atoms. The van der Waals surface area contributed by atoms with Gasteiger partial charge in [-0.1, -0.05) is 29.8 Å². The molecule has 0 bridgehead atoms. The molecule has 0 radical (unpaired) electrons. The van der Waals surface area contributed by atoms with Gasteiger partial charge in [0.05, 0.1) is 5.60 Å². The van der Waals surface area contributed by atoms with Gasteiger partial charge in [-0.05, 0) is 34.6 Å². The maximum absolute atomic E-state index is 12.0. The average molecular weight is 220 g/mol. The van der Waals surface area contributed by atoms with Crippen LogP contribution in [0.1, 0.15) is 43.6 Å². The first-order valence-corrected chi connectivity index (χ1v) is 5.58. The summed E-state index contributed by atoms with van der Waals surface area (Å²) in [6, 6.07) is 7.58. The number of benzene rings is 1. The summed E-state index contributed by atoms with van der Waals surface area (Å²) in [5.74, 6) is 0.0370. The van der Waals surface area contributed by atoms with Gasteiger partial charge in [0.1, 0.15) is 6.10 Å². The van der Waals surface area contributed by atoms with Crippen molar-refractivity contribution in [2.75, 3.05) is 0 Å². The van der Waals surface area contributed by atoms with Gasteiger partial charge >= 0.3 is 0 Å². The van der Waals surface area contributed by atoms with E-state index in [0.29, 0.717) is 5.56 Å². The summed E-state index contributed by atoms with van der Waals surface area (Å²) in [6.45, 7) is 9.65. The molecule has 88 valence electrons. The first kappa shape index (κ1) is 12.9. The Balaban J connectivity index is 2.74. The second kappa shape index (κ2) is 4.79. The molecule has 0 fully saturated rings. The lowest BCUT2D eigenvalue weighted by atomic mass is 10.0. The smallest absolute Gasteiger partial charge is 0.191 e. The van der Waals surface area contributed by atoms with Gasteiger partial charge in [0.25, 0.3) is 0 Å². The van der Waals surface area contributed by atoms with Gasteiger partial charge in [-0.25, -0.2) is 0 Å². The maximum Gasteiger partial charge on any atom is 0.191 e. The fraction of sp³-hybridized carbons (Fsp3) is 0.500. The van der Waals surface area contributed by atoms with Crippen molar-refractivity contribution < 1.29 is 9.53 Å². The molecule has 0 N–H and O–H groups in total. The number of ether oxygens (including phenoxy) is 1. The van der Waals surface area contributed by atoms with Gasteiger partial charge in [-0.2, -0.15) is 0 Å². The minimum absolute atomic E-state index is 0.0370. The van der Waals surface area contributed by atoms with Gasteiger partial charge in [-0.15, -0.1) is 0 Å². The summed E-state index contributed by atoms with van der Waals surface area (Å²) in [5, 5.41) is 0. The summed E-state index contributed by atoms with van der Waals surface area (Å²) in [5.41, 5.74) is 1.57. The molecule has 1 atom stereocenters. The van der Waals surface area contributed by atoms with Gasteiger partial charge in [0.2, 0.25) is 0 Å². The SMILES string of the molecule is Cc1ccc(C(=O)C(C)OC(C)(C)C)cc1. The molecular formula is C14H20O2. The molecule has 0 saturated heterocycles. The van der Waals surface area contributed by atoms with E-state index in [-0.39, 0.29) is 11.4 Å². The number of carbonyl (C=O) groups excluding carboxylic acids is 1. The molecule has 0 aromatic heterocycles. The summed E-state index contributed by atoms with van der Waals surface area (Å²) < 4.78 is 5.63. The van der Waals surface area contributed by atoms with E-state index in [0.717, 1.165) is 5.56 Å². The van der Waals surface area contributed by atoms with Crippen molar-refractivity contribution >= 4 is 5.78 Å². The first-order valence-electron chi connectivity index (χ1n) is 5.58. The number of ketones is 1. The lowest BCUT2D eigenvalue weighted by Crippen LogP contribution is -2.31. The summed E-state index contributed by atoms with van der Waals surface area (Å²) in [6.07, 6.45) is -0.400. The molecule has 1 rings (SSSR count). The number of aryl methyl sites for hydroxylation is 1. The normalized spacial score (nSPS) is 13.6. The van der Waals surface area contributed by atoms with Crippen LogP contribution in [0.2, 0.25) is 0 Å². The van der Waals surface area contributed by atoms with Crippen molar-refractivity contribution in [3.8, 4) is 0 Å². The van der Waals surface area contributed by atoms with E-state index in [4.69, 9.17) is 4.74 Å². The molecule has 1 aromatic rings. The zero-order valence-electron chi connectivity index (χ0n) is 10.7. The second-order valence-corrected chi connectivity index (χ2v) is 5.10. The Kier molecular flexibility index (Phi) is 3.87. The van der Waals surface area contributed by atoms with Gasteiger partial charge < -0.3 is 4.74 Å². The van der Waals surface area contributed by atoms with Crippen molar-refractivity contribution in [3.05, 3.63) is 35.4 Å². The zero-order valence-corrected chi connectivity index (χ0v) is 10.7. The molecule has 0 aliphatic carbocycles. The lowest BCUT2D eigenvalue weighted by molar-refractivity contribution is -0.0381. The van der Waals surface area contributed by atoms with Crippen LogP contribution in [0, 0.1) is 6.92 Å². The van der Waals surface area contributed by atoms with Crippen LogP contribution in [-0.2, 0) is 4.74 Å². The van der Waals surface area contributed by atoms with Crippen molar-refractivity contribution in [1.29, 1.82) is 0 Å². The van der Waals surface area contributed by atoms with E-state index in [1.54, 1.807) is 6.92 Å². The molecule has 2 nitrogen and oxygen atoms in total. The summed E-state index contributed by atoms with van der Waals surface area (Å²) >= 11 is 0. The Bertz CT molecular complexity index is 357. The molecule has 0 aliphatic heterocycles. The Labute approximate surface area is 97.6 Å². The Morgan fingerprint density at radius 1 is 1.19 bits per heavy atom. The van der Waals surface area contributed by atoms with E-state index in [1.165, 1.54) is 0 Å². The minimum atomic E-state index is -0.400. The highest BCUT2D eigenvalue weighted by Crippen LogP contribution is 2.15. The summed E-state index contributed by atoms with van der Waals surface area (Å²) in [4.78, 5) is 12.0. The Hall–Kier alpha value is -1.15. The topological polar surface area (TPSA) is 26.3 Å². The van der Waals surface area contributed by atoms with Crippen molar-refractivity contribution in [1.82, 2.24) is 0 Å². The maximum atomic E-state index is 12.0. The van der Waals surface area contributed by atoms with E-state index in [1.807, 2.05) is 52.0 Å². The van der Waals surface area contributed by atoms with E-state index >= 15 is 0 Å². The van der Waals surface area contributed by atoms with Gasteiger partial charge in [0.15, 0.2) is 5.78 Å². The van der Waals surface area contributed by atoms with Crippen LogP contribution in [0.4, 0.5) is 0 Å². The van der Waals surface area contributed by atoms with Crippen LogP contribution in [0.15, 0.2) is 24.3 Å². The van der Waals surface area contributed by atoms with Crippen molar-refractivity contribution in [2.24, 2.45) is 0 Å². The van der Waals surface area contributed by atoms with Crippen LogP contribution in [0.25, 0.3) is 0 Å². The highest BCUT2D eigenvalue weighted by atomic mass is 16.5. The molecule has 1 aromatic carbocycles. The molecular weight excluding hydrogens is 200 g/mol. The lowest BCUT2D eigenvalue weighted by Gasteiger charge is -2.24. The van der Waals surface area contributed by atoms with E-state index in [2.05, 4.69) is 0 Å². The number of hydrogen-bond acceptors (Lipinski definition) is 2. The quantitative estimate of drug-likeness (QED) is 0.730. The Morgan fingerprint density at radius 2 is 1.69 bits per heavy atom. The highest BCUT2D eigenvalue weighted by molar-refractivity contribution is 5.99. The molecule has 0 saturated carbocycles. The van der Waals surface area contributed by atoms with E-state index in [9.17, 15) is 4.79 Å². The van der Waals surface area contributed by atoms with Gasteiger partial charge in [-0.3, -0.25) is 4.79 Å². The minimum Gasteiger partial charge on any atom is -0.365 e. The average Bonchev–Trinajstić information content (AvgIpc) is 2.15. The summed E-state index contributed by atoms with van der Waals surface area (Å²) in [7, 11) is 0. The second-order valence-electron chi connectivity index (χ2n) is 5.10. The molecule has 0 amide bonds. The van der Waals surface area contributed by atoms with Crippen molar-refractivity contribution in [3.63, 3.8) is 0 Å². The number of carbonyl (C=O) groups is 1. The standard InChI is InChI=1S/C14H20O2/c1-10-6-8-12(9-7-10)13(15)11(2)16-14(3,4)5/h6-9,11H,1-5H3. The van der Waals surface area contributed by atoms with E-state index < -0.39 is 6.10 Å². The largest absolute Gasteiger partial charge is 0.365 e. The van der Waals surface area contributed by atoms with Crippen LogP contribution in [0.3, 0.4) is 0 Å². The fourth-order valence-corrected chi connectivity index (χ4v) is 1.54. The van der Waals surface area contributed by atoms with Crippen LogP contribution in [-0.4, -0.2) is 17.5 Å². The fourth-order valence-electron chi connectivity index (χ4n) is 1.54. The number of rotatable bonds is 3. The predicted molar refractivity (Wildman–Crippen MR) is 65.8 cm³/mol. The predicted octanol–water partition coefficient (Wildman–Crippen LogP) is 3.38.